The molecular formula is C17H16ClN3O3S. The second-order valence-electron chi connectivity index (χ2n) is 5.52. The number of nitrogens with zero attached hydrogens (tertiary/aromatic N) is 3. The average Bonchev–Trinajstić information content (AvgIpc) is 2.87. The molecule has 1 saturated heterocycles. The van der Waals surface area contributed by atoms with Crippen molar-refractivity contribution in [1.82, 2.24) is 4.31 Å². The van der Waals surface area contributed by atoms with E-state index in [-0.39, 0.29) is 13.1 Å². The van der Waals surface area contributed by atoms with Crippen molar-refractivity contribution in [1.29, 1.82) is 5.26 Å². The van der Waals surface area contributed by atoms with Gasteiger partial charge in [-0.2, -0.15) is 18.0 Å². The number of hydrogen-bond donors (Lipinski definition) is 0. The zero-order chi connectivity index (χ0) is 18.0. The monoisotopic (exact) mass is 377 g/mol. The number of hydrogen-bond acceptors (Lipinski definition) is 4. The Labute approximate surface area is 152 Å². The summed E-state index contributed by atoms with van der Waals surface area (Å²) in [6, 6.07) is 15.3. The van der Waals surface area contributed by atoms with Crippen molar-refractivity contribution >= 4 is 27.5 Å². The van der Waals surface area contributed by atoms with Crippen LogP contribution in [0.3, 0.4) is 0 Å². The minimum absolute atomic E-state index is 0.186. The van der Waals surface area contributed by atoms with Gasteiger partial charge in [-0.15, -0.1) is 0 Å². The lowest BCUT2D eigenvalue weighted by Gasteiger charge is -2.25. The van der Waals surface area contributed by atoms with Crippen molar-refractivity contribution in [3.63, 3.8) is 0 Å². The topological polar surface area (TPSA) is 73.6 Å². The van der Waals surface area contributed by atoms with Gasteiger partial charge in [-0.25, -0.2) is 4.31 Å². The molecule has 0 unspecified atom stereocenters. The third-order valence-electron chi connectivity index (χ3n) is 4.04. The van der Waals surface area contributed by atoms with Gasteiger partial charge in [-0.3, -0.25) is 0 Å². The lowest BCUT2D eigenvalue weighted by Crippen LogP contribution is -2.33. The number of ether oxygens (including phenoxy) is 1. The summed E-state index contributed by atoms with van der Waals surface area (Å²) in [4.78, 5) is 0. The van der Waals surface area contributed by atoms with Crippen molar-refractivity contribution in [2.24, 2.45) is 0 Å². The molecule has 3 rings (SSSR count). The van der Waals surface area contributed by atoms with E-state index in [2.05, 4.69) is 0 Å². The van der Waals surface area contributed by atoms with Crippen LogP contribution in [-0.4, -0.2) is 32.9 Å². The summed E-state index contributed by atoms with van der Waals surface area (Å²) in [5.74, 6) is 0.643. The molecule has 130 valence electrons. The van der Waals surface area contributed by atoms with E-state index in [1.807, 2.05) is 18.2 Å². The maximum Gasteiger partial charge on any atom is 0.305 e. The zero-order valence-electron chi connectivity index (χ0n) is 13.5. The van der Waals surface area contributed by atoms with Gasteiger partial charge in [0.1, 0.15) is 12.3 Å². The molecule has 0 aliphatic carbocycles. The zero-order valence-corrected chi connectivity index (χ0v) is 15.0. The maximum atomic E-state index is 12.9. The Kier molecular flexibility index (Phi) is 4.86. The Morgan fingerprint density at radius 3 is 2.64 bits per heavy atom. The Balaban J connectivity index is 2.10. The number of benzene rings is 2. The van der Waals surface area contributed by atoms with Crippen molar-refractivity contribution < 1.29 is 13.2 Å². The van der Waals surface area contributed by atoms with Crippen LogP contribution in [0.1, 0.15) is 11.6 Å². The van der Waals surface area contributed by atoms with E-state index >= 15 is 0 Å². The van der Waals surface area contributed by atoms with Gasteiger partial charge in [0, 0.05) is 11.6 Å². The van der Waals surface area contributed by atoms with Gasteiger partial charge in [0.15, 0.2) is 0 Å². The third-order valence-corrected chi connectivity index (χ3v) is 6.19. The minimum Gasteiger partial charge on any atom is -0.497 e. The summed E-state index contributed by atoms with van der Waals surface area (Å²) in [6.45, 7) is -0.0153. The van der Waals surface area contributed by atoms with Crippen LogP contribution in [0.4, 0.5) is 5.69 Å². The molecule has 1 heterocycles. The molecule has 0 amide bonds. The average molecular weight is 378 g/mol. The van der Waals surface area contributed by atoms with Crippen molar-refractivity contribution in [3.05, 3.63) is 59.1 Å². The molecule has 0 bridgehead atoms. The van der Waals surface area contributed by atoms with E-state index in [9.17, 15) is 8.42 Å². The predicted octanol–water partition coefficient (Wildman–Crippen LogP) is 2.98. The van der Waals surface area contributed by atoms with Crippen molar-refractivity contribution in [2.75, 3.05) is 24.5 Å². The standard InChI is InChI=1S/C17H16ClN3O3S/c1-24-16-4-2-3-13(11-16)17-12-20(10-9-19)25(22,23)21(17)15-7-5-14(18)6-8-15/h2-8,11,17H,10,12H2,1H3/t17-/m1/s1. The third kappa shape index (κ3) is 3.29. The molecule has 1 fully saturated rings. The molecule has 8 heteroatoms. The number of nitriles is 1. The van der Waals surface area contributed by atoms with Crippen LogP contribution in [0.2, 0.25) is 5.02 Å². The SMILES string of the molecule is COc1cccc([C@H]2CN(CC#N)S(=O)(=O)N2c2ccc(Cl)cc2)c1. The molecule has 0 aromatic heterocycles. The van der Waals surface area contributed by atoms with E-state index in [0.29, 0.717) is 16.5 Å². The molecule has 1 aliphatic rings. The molecule has 2 aromatic rings. The van der Waals surface area contributed by atoms with Crippen LogP contribution in [0.15, 0.2) is 48.5 Å². The molecule has 25 heavy (non-hydrogen) atoms. The van der Waals surface area contributed by atoms with Gasteiger partial charge in [-0.1, -0.05) is 23.7 Å². The summed E-state index contributed by atoms with van der Waals surface area (Å²) in [7, 11) is -2.25. The highest BCUT2D eigenvalue weighted by Gasteiger charge is 2.44. The first-order chi connectivity index (χ1) is 12.0. The van der Waals surface area contributed by atoms with Crippen molar-refractivity contribution in [3.8, 4) is 11.8 Å². The van der Waals surface area contributed by atoms with Crippen LogP contribution in [0.25, 0.3) is 0 Å². The van der Waals surface area contributed by atoms with Crippen LogP contribution < -0.4 is 9.04 Å². The van der Waals surface area contributed by atoms with E-state index in [0.717, 1.165) is 5.56 Å². The Morgan fingerprint density at radius 2 is 2.00 bits per heavy atom. The van der Waals surface area contributed by atoms with Gasteiger partial charge in [0.25, 0.3) is 0 Å². The van der Waals surface area contributed by atoms with Gasteiger partial charge >= 0.3 is 10.2 Å². The van der Waals surface area contributed by atoms with Crippen LogP contribution in [0, 0.1) is 11.3 Å². The fraction of sp³-hybridized carbons (Fsp3) is 0.235. The normalized spacial score (nSPS) is 19.6. The largest absolute Gasteiger partial charge is 0.497 e. The molecule has 0 saturated carbocycles. The summed E-state index contributed by atoms with van der Waals surface area (Å²) < 4.78 is 33.6. The second kappa shape index (κ2) is 6.92. The quantitative estimate of drug-likeness (QED) is 0.768. The first kappa shape index (κ1) is 17.5. The van der Waals surface area contributed by atoms with Crippen LogP contribution >= 0.6 is 11.6 Å². The van der Waals surface area contributed by atoms with Crippen LogP contribution in [0.5, 0.6) is 5.75 Å². The molecule has 0 spiro atoms. The summed E-state index contributed by atoms with van der Waals surface area (Å²) in [5, 5.41) is 9.50. The Morgan fingerprint density at radius 1 is 1.28 bits per heavy atom. The second-order valence-corrected chi connectivity index (χ2v) is 7.76. The summed E-state index contributed by atoms with van der Waals surface area (Å²) in [5.41, 5.74) is 1.29. The fourth-order valence-electron chi connectivity index (χ4n) is 2.86. The highest BCUT2D eigenvalue weighted by Crippen LogP contribution is 2.39. The summed E-state index contributed by atoms with van der Waals surface area (Å²) in [6.07, 6.45) is 0. The predicted molar refractivity (Wildman–Crippen MR) is 95.8 cm³/mol. The molecule has 1 aliphatic heterocycles. The van der Waals surface area contributed by atoms with Gasteiger partial charge in [-0.05, 0) is 42.0 Å². The highest BCUT2D eigenvalue weighted by molar-refractivity contribution is 7.90. The lowest BCUT2D eigenvalue weighted by atomic mass is 10.1. The Hall–Kier alpha value is -2.27. The van der Waals surface area contributed by atoms with E-state index in [1.165, 1.54) is 8.61 Å². The molecule has 0 N–H and O–H groups in total. The molecule has 2 aromatic carbocycles. The van der Waals surface area contributed by atoms with Gasteiger partial charge < -0.3 is 4.74 Å². The highest BCUT2D eigenvalue weighted by atomic mass is 35.5. The van der Waals surface area contributed by atoms with E-state index in [1.54, 1.807) is 43.5 Å². The first-order valence-electron chi connectivity index (χ1n) is 7.53. The number of halogens is 1. The number of anilines is 1. The van der Waals surface area contributed by atoms with Gasteiger partial charge in [0.2, 0.25) is 0 Å². The molecule has 6 nitrogen and oxygen atoms in total. The van der Waals surface area contributed by atoms with Gasteiger partial charge in [0.05, 0.1) is 24.9 Å². The first-order valence-corrected chi connectivity index (χ1v) is 9.31. The molecule has 0 radical (unpaired) electrons. The van der Waals surface area contributed by atoms with Crippen molar-refractivity contribution in [2.45, 2.75) is 6.04 Å². The smallest absolute Gasteiger partial charge is 0.305 e. The summed E-state index contributed by atoms with van der Waals surface area (Å²) >= 11 is 5.92. The maximum absolute atomic E-state index is 12.9. The Bertz CT molecular complexity index is 909. The minimum atomic E-state index is -3.81. The fourth-order valence-corrected chi connectivity index (χ4v) is 4.69. The molecule has 1 atom stereocenters. The molecular weight excluding hydrogens is 362 g/mol. The van der Waals surface area contributed by atoms with E-state index < -0.39 is 16.3 Å². The number of rotatable bonds is 4. The van der Waals surface area contributed by atoms with E-state index in [4.69, 9.17) is 21.6 Å². The number of methoxy groups -OCH3 is 1. The lowest BCUT2D eigenvalue weighted by molar-refractivity contribution is 0.413. The van der Waals surface area contributed by atoms with Crippen LogP contribution in [-0.2, 0) is 10.2 Å².